The molecular formula is C28H38N2O7. The zero-order valence-electron chi connectivity index (χ0n) is 22.1. The molecule has 4 rings (SSSR count). The Kier molecular flexibility index (Phi) is 9.08. The van der Waals surface area contributed by atoms with Gasteiger partial charge < -0.3 is 28.6 Å². The molecule has 0 unspecified atom stereocenters. The van der Waals surface area contributed by atoms with E-state index in [1.54, 1.807) is 4.90 Å². The van der Waals surface area contributed by atoms with E-state index in [0.717, 1.165) is 65.8 Å². The van der Waals surface area contributed by atoms with Gasteiger partial charge in [0.05, 0.1) is 18.9 Å². The van der Waals surface area contributed by atoms with Crippen molar-refractivity contribution in [3.8, 4) is 5.75 Å². The third-order valence-electron chi connectivity index (χ3n) is 6.95. The minimum absolute atomic E-state index is 0.0331. The monoisotopic (exact) mass is 514 g/mol. The van der Waals surface area contributed by atoms with E-state index in [1.807, 2.05) is 32.9 Å². The van der Waals surface area contributed by atoms with Crippen LogP contribution in [0.2, 0.25) is 0 Å². The molecular weight excluding hydrogens is 476 g/mol. The number of benzene rings is 1. The number of fused-ring (bicyclic) bond motifs is 1. The van der Waals surface area contributed by atoms with Crippen LogP contribution in [-0.2, 0) is 40.1 Å². The highest BCUT2D eigenvalue weighted by atomic mass is 16.6. The van der Waals surface area contributed by atoms with Crippen molar-refractivity contribution >= 4 is 12.1 Å². The number of hydrogen-bond acceptors (Lipinski definition) is 7. The van der Waals surface area contributed by atoms with E-state index in [1.165, 1.54) is 0 Å². The largest absolute Gasteiger partial charge is 0.493 e. The molecule has 202 valence electrons. The van der Waals surface area contributed by atoms with Gasteiger partial charge in [-0.2, -0.15) is 0 Å². The molecule has 3 heterocycles. The molecule has 0 aliphatic carbocycles. The van der Waals surface area contributed by atoms with Crippen molar-refractivity contribution < 1.29 is 33.3 Å². The number of carboxylic acid groups (broad SMARTS) is 1. The first kappa shape index (κ1) is 27.0. The highest BCUT2D eigenvalue weighted by Gasteiger charge is 2.27. The van der Waals surface area contributed by atoms with Crippen LogP contribution in [0.4, 0.5) is 4.79 Å². The van der Waals surface area contributed by atoms with Crippen LogP contribution in [0.15, 0.2) is 16.5 Å². The second-order valence-electron chi connectivity index (χ2n) is 10.3. The van der Waals surface area contributed by atoms with Crippen LogP contribution in [0.5, 0.6) is 5.75 Å². The van der Waals surface area contributed by atoms with Crippen LogP contribution in [0.25, 0.3) is 0 Å². The quantitative estimate of drug-likeness (QED) is 0.487. The third-order valence-corrected chi connectivity index (χ3v) is 6.95. The molecule has 1 aromatic heterocycles. The molecule has 1 fully saturated rings. The first-order valence-electron chi connectivity index (χ1n) is 13.3. The normalized spacial score (nSPS) is 16.1. The van der Waals surface area contributed by atoms with Gasteiger partial charge in [0, 0.05) is 50.6 Å². The average molecular weight is 515 g/mol. The van der Waals surface area contributed by atoms with E-state index in [0.29, 0.717) is 51.5 Å². The number of hydrogen-bond donors (Lipinski definition) is 1. The van der Waals surface area contributed by atoms with Crippen molar-refractivity contribution in [2.24, 2.45) is 5.92 Å². The van der Waals surface area contributed by atoms with Crippen molar-refractivity contribution in [2.45, 2.75) is 71.8 Å². The summed E-state index contributed by atoms with van der Waals surface area (Å²) < 4.78 is 23.1. The number of oxazole rings is 1. The fourth-order valence-corrected chi connectivity index (χ4v) is 4.86. The number of amides is 1. The zero-order chi connectivity index (χ0) is 26.4. The molecule has 9 heteroatoms. The summed E-state index contributed by atoms with van der Waals surface area (Å²) >= 11 is 0. The summed E-state index contributed by atoms with van der Waals surface area (Å²) in [4.78, 5) is 30.3. The molecule has 9 nitrogen and oxygen atoms in total. The number of aryl methyl sites for hydroxylation is 2. The Morgan fingerprint density at radius 1 is 1.19 bits per heavy atom. The number of nitrogens with zero attached hydrogens (tertiary/aromatic N) is 2. The molecule has 0 saturated carbocycles. The van der Waals surface area contributed by atoms with Gasteiger partial charge in [0.1, 0.15) is 11.5 Å². The minimum Gasteiger partial charge on any atom is -0.493 e. The van der Waals surface area contributed by atoms with Gasteiger partial charge in [-0.05, 0) is 55.7 Å². The summed E-state index contributed by atoms with van der Waals surface area (Å²) in [7, 11) is 0. The predicted octanol–water partition coefficient (Wildman–Crippen LogP) is 4.67. The van der Waals surface area contributed by atoms with E-state index < -0.39 is 5.97 Å². The maximum Gasteiger partial charge on any atom is 0.410 e. The number of carbonyl (C=O) groups excluding carboxylic acids is 1. The van der Waals surface area contributed by atoms with Gasteiger partial charge in [0.2, 0.25) is 0 Å². The fraction of sp³-hybridized carbons (Fsp3) is 0.607. The summed E-state index contributed by atoms with van der Waals surface area (Å²) in [6.07, 6.45) is 3.21. The fourth-order valence-electron chi connectivity index (χ4n) is 4.86. The third kappa shape index (κ3) is 7.03. The summed E-state index contributed by atoms with van der Waals surface area (Å²) in [5.74, 6) is 2.11. The van der Waals surface area contributed by atoms with Crippen molar-refractivity contribution in [3.05, 3.63) is 46.2 Å². The number of aliphatic carboxylic acids is 1. The van der Waals surface area contributed by atoms with Crippen molar-refractivity contribution in [3.63, 3.8) is 0 Å². The van der Waals surface area contributed by atoms with Gasteiger partial charge in [0.25, 0.3) is 0 Å². The van der Waals surface area contributed by atoms with E-state index in [2.05, 4.69) is 0 Å². The first-order valence-corrected chi connectivity index (χ1v) is 13.3. The first-order chi connectivity index (χ1) is 17.8. The molecule has 2 aliphatic heterocycles. The molecule has 1 aromatic carbocycles. The molecule has 0 bridgehead atoms. The Hall–Kier alpha value is -3.07. The minimum atomic E-state index is -0.846. The Morgan fingerprint density at radius 2 is 1.97 bits per heavy atom. The Balaban J connectivity index is 1.44. The highest BCUT2D eigenvalue weighted by Crippen LogP contribution is 2.33. The molecule has 37 heavy (non-hydrogen) atoms. The van der Waals surface area contributed by atoms with Gasteiger partial charge >= 0.3 is 12.1 Å². The van der Waals surface area contributed by atoms with Crippen LogP contribution >= 0.6 is 0 Å². The lowest BCUT2D eigenvalue weighted by atomic mass is 9.92. The predicted molar refractivity (Wildman–Crippen MR) is 136 cm³/mol. The van der Waals surface area contributed by atoms with E-state index in [9.17, 15) is 14.7 Å². The SMILES string of the molecule is Cc1oc(C2CCOCC2)nc1CCOc1ccc(CCC(=O)O)c2c1CCN(C(=O)OCC(C)C)C2. The molecule has 2 aliphatic rings. The molecule has 1 N–H and O–H groups in total. The van der Waals surface area contributed by atoms with Crippen molar-refractivity contribution in [1.29, 1.82) is 0 Å². The lowest BCUT2D eigenvalue weighted by molar-refractivity contribution is -0.136. The maximum absolute atomic E-state index is 12.6. The van der Waals surface area contributed by atoms with Crippen LogP contribution in [0, 0.1) is 12.8 Å². The second-order valence-corrected chi connectivity index (χ2v) is 10.3. The van der Waals surface area contributed by atoms with E-state index >= 15 is 0 Å². The van der Waals surface area contributed by atoms with Gasteiger partial charge in [-0.15, -0.1) is 0 Å². The van der Waals surface area contributed by atoms with Crippen molar-refractivity contribution in [2.75, 3.05) is 33.0 Å². The van der Waals surface area contributed by atoms with Gasteiger partial charge in [-0.3, -0.25) is 4.79 Å². The molecule has 0 atom stereocenters. The molecule has 1 amide bonds. The molecule has 0 spiro atoms. The Morgan fingerprint density at radius 3 is 2.70 bits per heavy atom. The number of carbonyl (C=O) groups is 2. The van der Waals surface area contributed by atoms with Crippen LogP contribution in [-0.4, -0.2) is 60.0 Å². The summed E-state index contributed by atoms with van der Waals surface area (Å²) in [5.41, 5.74) is 3.84. The molecule has 1 saturated heterocycles. The highest BCUT2D eigenvalue weighted by molar-refractivity contribution is 5.69. The standard InChI is InChI=1S/C28H38N2O7/c1-18(2)17-36-28(33)30-12-8-22-23(16-30)20(5-7-26(31)32)4-6-25(22)35-15-11-24-19(3)37-27(29-24)21-9-13-34-14-10-21/h4,6,18,21H,5,7-17H2,1-3H3,(H,31,32). The van der Waals surface area contributed by atoms with Crippen LogP contribution in [0.1, 0.15) is 73.1 Å². The topological polar surface area (TPSA) is 111 Å². The lowest BCUT2D eigenvalue weighted by Gasteiger charge is -2.31. The molecule has 2 aromatic rings. The Labute approximate surface area is 218 Å². The van der Waals surface area contributed by atoms with Crippen molar-refractivity contribution in [1.82, 2.24) is 9.88 Å². The van der Waals surface area contributed by atoms with E-state index in [4.69, 9.17) is 23.6 Å². The van der Waals surface area contributed by atoms with Crippen LogP contribution in [0.3, 0.4) is 0 Å². The van der Waals surface area contributed by atoms with Gasteiger partial charge in [0.15, 0.2) is 5.89 Å². The average Bonchev–Trinajstić information content (AvgIpc) is 3.27. The summed E-state index contributed by atoms with van der Waals surface area (Å²) in [5, 5.41) is 9.20. The number of rotatable bonds is 10. The summed E-state index contributed by atoms with van der Waals surface area (Å²) in [6, 6.07) is 3.84. The maximum atomic E-state index is 12.6. The lowest BCUT2D eigenvalue weighted by Crippen LogP contribution is -2.37. The number of ether oxygens (including phenoxy) is 3. The zero-order valence-corrected chi connectivity index (χ0v) is 22.1. The number of aromatic nitrogens is 1. The Bertz CT molecular complexity index is 1090. The summed E-state index contributed by atoms with van der Waals surface area (Å²) in [6.45, 7) is 9.15. The number of carboxylic acids is 1. The molecule has 0 radical (unpaired) electrons. The van der Waals surface area contributed by atoms with Gasteiger partial charge in [-0.1, -0.05) is 19.9 Å². The van der Waals surface area contributed by atoms with E-state index in [-0.39, 0.29) is 18.4 Å². The second kappa shape index (κ2) is 12.4. The smallest absolute Gasteiger partial charge is 0.410 e. The van der Waals surface area contributed by atoms with Crippen LogP contribution < -0.4 is 4.74 Å². The van der Waals surface area contributed by atoms with Gasteiger partial charge in [-0.25, -0.2) is 9.78 Å².